The van der Waals surface area contributed by atoms with E-state index in [9.17, 15) is 17.8 Å². The fourth-order valence-electron chi connectivity index (χ4n) is 1.44. The number of carbonyl (C=O) groups is 1. The predicted molar refractivity (Wildman–Crippen MR) is 71.4 cm³/mol. The van der Waals surface area contributed by atoms with Gasteiger partial charge in [-0.15, -0.1) is 0 Å². The van der Waals surface area contributed by atoms with E-state index in [1.165, 1.54) is 0 Å². The number of esters is 1. The maximum absolute atomic E-state index is 11.4. The van der Waals surface area contributed by atoms with Crippen LogP contribution in [0.25, 0.3) is 0 Å². The Labute approximate surface area is 116 Å². The Balaban J connectivity index is 3.90. The van der Waals surface area contributed by atoms with Gasteiger partial charge in [-0.05, 0) is 6.42 Å². The van der Waals surface area contributed by atoms with E-state index in [0.29, 0.717) is 24.1 Å². The number of ether oxygens (including phenoxy) is 1. The van der Waals surface area contributed by atoms with Gasteiger partial charge in [0.1, 0.15) is 10.1 Å². The lowest BCUT2D eigenvalue weighted by atomic mass is 10.1. The molecule has 0 aromatic carbocycles. The molecule has 0 spiro atoms. The van der Waals surface area contributed by atoms with Crippen LogP contribution in [-0.2, 0) is 19.6 Å². The summed E-state index contributed by atoms with van der Waals surface area (Å²) >= 11 is 0. The molecule has 0 bridgehead atoms. The van der Waals surface area contributed by atoms with Crippen molar-refractivity contribution in [2.75, 3.05) is 39.5 Å². The highest BCUT2D eigenvalue weighted by Crippen LogP contribution is 2.05. The first kappa shape index (κ1) is 18.3. The van der Waals surface area contributed by atoms with Gasteiger partial charge in [0, 0.05) is 6.42 Å². The normalized spacial score (nSPS) is 14.2. The molecule has 0 N–H and O–H groups in total. The maximum Gasteiger partial charge on any atom is 0.308 e. The van der Waals surface area contributed by atoms with Crippen molar-refractivity contribution in [1.82, 2.24) is 0 Å². The molecule has 0 saturated carbocycles. The Bertz CT molecular complexity index is 378. The van der Waals surface area contributed by atoms with Crippen LogP contribution >= 0.6 is 0 Å². The SMILES string of the molecule is CCC(C)C(=O)OCCC[N+](C)(C)CCS(=O)(=O)[O-]. The molecule has 19 heavy (non-hydrogen) atoms. The van der Waals surface area contributed by atoms with Crippen molar-refractivity contribution >= 4 is 16.1 Å². The minimum Gasteiger partial charge on any atom is -0.748 e. The first-order chi connectivity index (χ1) is 8.57. The zero-order valence-electron chi connectivity index (χ0n) is 12.2. The van der Waals surface area contributed by atoms with Crippen LogP contribution < -0.4 is 0 Å². The molecule has 0 aromatic rings. The lowest BCUT2D eigenvalue weighted by Crippen LogP contribution is -2.44. The molecule has 0 amide bonds. The quantitative estimate of drug-likeness (QED) is 0.269. The first-order valence-corrected chi connectivity index (χ1v) is 8.07. The summed E-state index contributed by atoms with van der Waals surface area (Å²) in [4.78, 5) is 11.4. The molecule has 0 aliphatic heterocycles. The average Bonchev–Trinajstić information content (AvgIpc) is 2.30. The predicted octanol–water partition coefficient (Wildman–Crippen LogP) is 0.587. The van der Waals surface area contributed by atoms with E-state index in [1.54, 1.807) is 0 Å². The molecule has 0 rings (SSSR count). The van der Waals surface area contributed by atoms with E-state index in [2.05, 4.69) is 0 Å². The first-order valence-electron chi connectivity index (χ1n) is 6.49. The van der Waals surface area contributed by atoms with Crippen LogP contribution in [-0.4, -0.2) is 63.0 Å². The summed E-state index contributed by atoms with van der Waals surface area (Å²) in [5.41, 5.74) is 0. The van der Waals surface area contributed by atoms with Crippen LogP contribution in [0.4, 0.5) is 0 Å². The maximum atomic E-state index is 11.4. The van der Waals surface area contributed by atoms with Gasteiger partial charge in [-0.2, -0.15) is 0 Å². The summed E-state index contributed by atoms with van der Waals surface area (Å²) in [5, 5.41) is 0. The average molecular weight is 295 g/mol. The summed E-state index contributed by atoms with van der Waals surface area (Å²) in [5.74, 6) is -0.657. The summed E-state index contributed by atoms with van der Waals surface area (Å²) in [7, 11) is -0.469. The van der Waals surface area contributed by atoms with E-state index in [4.69, 9.17) is 4.74 Å². The highest BCUT2D eigenvalue weighted by molar-refractivity contribution is 7.85. The van der Waals surface area contributed by atoms with Crippen molar-refractivity contribution in [1.29, 1.82) is 0 Å². The van der Waals surface area contributed by atoms with Gasteiger partial charge in [-0.25, -0.2) is 8.42 Å². The lowest BCUT2D eigenvalue weighted by molar-refractivity contribution is -0.888. The number of hydrogen-bond acceptors (Lipinski definition) is 5. The zero-order valence-corrected chi connectivity index (χ0v) is 13.0. The Morgan fingerprint density at radius 3 is 2.37 bits per heavy atom. The third-order valence-corrected chi connectivity index (χ3v) is 3.80. The third kappa shape index (κ3) is 9.86. The highest BCUT2D eigenvalue weighted by atomic mass is 32.2. The standard InChI is InChI=1S/C12H25NO5S/c1-5-11(2)12(14)18-9-6-7-13(3,4)8-10-19(15,16)17/h11H,5-10H2,1-4H3. The second-order valence-corrected chi connectivity index (χ2v) is 7.00. The third-order valence-electron chi connectivity index (χ3n) is 3.11. The van der Waals surface area contributed by atoms with E-state index in [1.807, 2.05) is 27.9 Å². The number of carbonyl (C=O) groups excluding carboxylic acids is 1. The molecular formula is C12H25NO5S. The summed E-state index contributed by atoms with van der Waals surface area (Å²) in [6.45, 7) is 5.00. The molecule has 0 heterocycles. The van der Waals surface area contributed by atoms with Gasteiger partial charge in [0.2, 0.25) is 0 Å². The van der Waals surface area contributed by atoms with Crippen LogP contribution in [0.5, 0.6) is 0 Å². The monoisotopic (exact) mass is 295 g/mol. The smallest absolute Gasteiger partial charge is 0.308 e. The van der Waals surface area contributed by atoms with Crippen LogP contribution in [0, 0.1) is 5.92 Å². The number of quaternary nitrogens is 1. The van der Waals surface area contributed by atoms with Gasteiger partial charge >= 0.3 is 5.97 Å². The summed E-state index contributed by atoms with van der Waals surface area (Å²) < 4.78 is 37.2. The molecule has 1 atom stereocenters. The van der Waals surface area contributed by atoms with Crippen molar-refractivity contribution < 1.29 is 27.0 Å². The Morgan fingerprint density at radius 1 is 1.32 bits per heavy atom. The fraction of sp³-hybridized carbons (Fsp3) is 0.917. The molecule has 0 aliphatic rings. The zero-order chi connectivity index (χ0) is 15.1. The Kier molecular flexibility index (Phi) is 7.54. The van der Waals surface area contributed by atoms with E-state index in [0.717, 1.165) is 6.42 Å². The minimum absolute atomic E-state index is 0.0897. The van der Waals surface area contributed by atoms with Crippen LogP contribution in [0.3, 0.4) is 0 Å². The Morgan fingerprint density at radius 2 is 1.89 bits per heavy atom. The molecule has 1 unspecified atom stereocenters. The molecule has 7 heteroatoms. The fourth-order valence-corrected chi connectivity index (χ4v) is 2.16. The van der Waals surface area contributed by atoms with Gasteiger partial charge in [0.05, 0.1) is 45.5 Å². The van der Waals surface area contributed by atoms with Crippen molar-refractivity contribution in [2.24, 2.45) is 5.92 Å². The molecule has 0 saturated heterocycles. The number of hydrogen-bond donors (Lipinski definition) is 0. The van der Waals surface area contributed by atoms with Gasteiger partial charge in [-0.3, -0.25) is 4.79 Å². The second-order valence-electron chi connectivity index (χ2n) is 5.48. The van der Waals surface area contributed by atoms with Crippen LogP contribution in [0.2, 0.25) is 0 Å². The molecule has 0 aliphatic carbocycles. The molecule has 0 fully saturated rings. The van der Waals surface area contributed by atoms with Crippen molar-refractivity contribution in [3.05, 3.63) is 0 Å². The molecular weight excluding hydrogens is 270 g/mol. The lowest BCUT2D eigenvalue weighted by Gasteiger charge is -2.30. The number of nitrogens with zero attached hydrogens (tertiary/aromatic N) is 1. The van der Waals surface area contributed by atoms with Crippen LogP contribution in [0.1, 0.15) is 26.7 Å². The molecule has 114 valence electrons. The second kappa shape index (κ2) is 7.81. The Hall–Kier alpha value is -0.660. The summed E-state index contributed by atoms with van der Waals surface area (Å²) in [6, 6.07) is 0. The van der Waals surface area contributed by atoms with Gasteiger partial charge < -0.3 is 13.8 Å². The van der Waals surface area contributed by atoms with Crippen molar-refractivity contribution in [3.63, 3.8) is 0 Å². The van der Waals surface area contributed by atoms with E-state index >= 15 is 0 Å². The minimum atomic E-state index is -4.17. The van der Waals surface area contributed by atoms with Gasteiger partial charge in [0.15, 0.2) is 0 Å². The van der Waals surface area contributed by atoms with Crippen molar-refractivity contribution in [3.8, 4) is 0 Å². The number of rotatable bonds is 9. The molecule has 0 radical (unpaired) electrons. The van der Waals surface area contributed by atoms with E-state index in [-0.39, 0.29) is 24.2 Å². The largest absolute Gasteiger partial charge is 0.748 e. The van der Waals surface area contributed by atoms with Crippen LogP contribution in [0.15, 0.2) is 0 Å². The van der Waals surface area contributed by atoms with Gasteiger partial charge in [0.25, 0.3) is 0 Å². The molecule has 6 nitrogen and oxygen atoms in total. The van der Waals surface area contributed by atoms with Gasteiger partial charge in [-0.1, -0.05) is 13.8 Å². The highest BCUT2D eigenvalue weighted by Gasteiger charge is 2.17. The summed E-state index contributed by atoms with van der Waals surface area (Å²) in [6.07, 6.45) is 1.40. The van der Waals surface area contributed by atoms with E-state index < -0.39 is 10.1 Å². The topological polar surface area (TPSA) is 83.5 Å². The molecule has 0 aromatic heterocycles. The van der Waals surface area contributed by atoms with Crippen molar-refractivity contribution in [2.45, 2.75) is 26.7 Å².